The zero-order valence-corrected chi connectivity index (χ0v) is 18.6. The summed E-state index contributed by atoms with van der Waals surface area (Å²) in [4.78, 5) is 30.8. The minimum atomic E-state index is -0.199. The molecule has 0 unspecified atom stereocenters. The fourth-order valence-electron chi connectivity index (χ4n) is 3.77. The lowest BCUT2D eigenvalue weighted by Gasteiger charge is -2.13. The average Bonchev–Trinajstić information content (AvgIpc) is 3.04. The van der Waals surface area contributed by atoms with E-state index in [0.717, 1.165) is 28.5 Å². The van der Waals surface area contributed by atoms with Crippen molar-refractivity contribution in [1.82, 2.24) is 19.4 Å². The summed E-state index contributed by atoms with van der Waals surface area (Å²) in [5.74, 6) is -0.130. The number of amides is 1. The van der Waals surface area contributed by atoms with Crippen LogP contribution < -0.4 is 10.9 Å². The van der Waals surface area contributed by atoms with E-state index in [1.165, 1.54) is 0 Å². The smallest absolute Gasteiger partial charge is 0.278 e. The number of aryl methyl sites for hydroxylation is 1. The molecule has 0 aliphatic rings. The minimum absolute atomic E-state index is 0.0560. The van der Waals surface area contributed by atoms with E-state index >= 15 is 0 Å². The topological polar surface area (TPSA) is 68.9 Å². The molecule has 0 fully saturated rings. The Morgan fingerprint density at radius 2 is 2.00 bits per heavy atom. The first-order chi connectivity index (χ1) is 14.9. The highest BCUT2D eigenvalue weighted by Crippen LogP contribution is 2.26. The number of hydrogen-bond donors (Lipinski definition) is 1. The third-order valence-corrected chi connectivity index (χ3v) is 5.97. The molecule has 4 rings (SSSR count). The predicted octanol–water partition coefficient (Wildman–Crippen LogP) is 4.28. The Hall–Kier alpha value is -3.12. The number of benzene rings is 2. The first-order valence-corrected chi connectivity index (χ1v) is 10.8. The van der Waals surface area contributed by atoms with E-state index in [9.17, 15) is 9.59 Å². The number of halogens is 1. The predicted molar refractivity (Wildman–Crippen MR) is 125 cm³/mol. The Labute approximate surface area is 185 Å². The molecule has 0 radical (unpaired) electrons. The van der Waals surface area contributed by atoms with Gasteiger partial charge in [-0.15, -0.1) is 0 Å². The van der Waals surface area contributed by atoms with Crippen LogP contribution in [0.4, 0.5) is 0 Å². The lowest BCUT2D eigenvalue weighted by molar-refractivity contribution is -0.122. The molecular formula is C24H25ClN4O2. The van der Waals surface area contributed by atoms with E-state index in [2.05, 4.69) is 10.3 Å². The molecule has 2 heterocycles. The molecule has 4 aromatic rings. The van der Waals surface area contributed by atoms with Gasteiger partial charge in [-0.2, -0.15) is 0 Å². The molecule has 0 bridgehead atoms. The molecule has 160 valence electrons. The lowest BCUT2D eigenvalue weighted by atomic mass is 10.1. The third kappa shape index (κ3) is 4.08. The van der Waals surface area contributed by atoms with Gasteiger partial charge >= 0.3 is 0 Å². The Morgan fingerprint density at radius 1 is 1.23 bits per heavy atom. The fraction of sp³-hybridized carbons (Fsp3) is 0.292. The van der Waals surface area contributed by atoms with Crippen LogP contribution in [0.5, 0.6) is 0 Å². The van der Waals surface area contributed by atoms with E-state index in [-0.39, 0.29) is 24.1 Å². The van der Waals surface area contributed by atoms with Crippen LogP contribution in [0, 0.1) is 6.92 Å². The van der Waals surface area contributed by atoms with Gasteiger partial charge < -0.3 is 9.88 Å². The molecule has 1 amide bonds. The van der Waals surface area contributed by atoms with Crippen molar-refractivity contribution in [3.05, 3.63) is 75.3 Å². The molecule has 0 saturated heterocycles. The number of nitrogens with one attached hydrogen (secondary N) is 1. The second-order valence-corrected chi connectivity index (χ2v) is 8.36. The van der Waals surface area contributed by atoms with Gasteiger partial charge in [0.05, 0.1) is 18.4 Å². The summed E-state index contributed by atoms with van der Waals surface area (Å²) < 4.78 is 3.32. The van der Waals surface area contributed by atoms with Crippen molar-refractivity contribution in [2.24, 2.45) is 0 Å². The second-order valence-electron chi connectivity index (χ2n) is 7.95. The summed E-state index contributed by atoms with van der Waals surface area (Å²) in [6.07, 6.45) is 2.39. The summed E-state index contributed by atoms with van der Waals surface area (Å²) in [7, 11) is 0. The molecule has 1 N–H and O–H groups in total. The average molecular weight is 437 g/mol. The zero-order chi connectivity index (χ0) is 22.1. The van der Waals surface area contributed by atoms with Gasteiger partial charge in [0.15, 0.2) is 0 Å². The van der Waals surface area contributed by atoms with Gasteiger partial charge in [-0.05, 0) is 44.0 Å². The van der Waals surface area contributed by atoms with Gasteiger partial charge in [-0.25, -0.2) is 4.98 Å². The van der Waals surface area contributed by atoms with E-state index in [0.29, 0.717) is 22.6 Å². The van der Waals surface area contributed by atoms with Gasteiger partial charge in [0.1, 0.15) is 17.6 Å². The van der Waals surface area contributed by atoms with Crippen LogP contribution in [0.15, 0.2) is 53.6 Å². The van der Waals surface area contributed by atoms with E-state index in [1.54, 1.807) is 21.5 Å². The molecule has 7 heteroatoms. The number of hydrogen-bond acceptors (Lipinski definition) is 3. The van der Waals surface area contributed by atoms with Crippen molar-refractivity contribution >= 4 is 39.4 Å². The first-order valence-electron chi connectivity index (χ1n) is 10.4. The van der Waals surface area contributed by atoms with Crippen molar-refractivity contribution in [2.75, 3.05) is 0 Å². The van der Waals surface area contributed by atoms with Gasteiger partial charge in [-0.3, -0.25) is 14.2 Å². The van der Waals surface area contributed by atoms with Crippen molar-refractivity contribution in [2.45, 2.75) is 46.3 Å². The van der Waals surface area contributed by atoms with Crippen molar-refractivity contribution in [1.29, 1.82) is 0 Å². The second kappa shape index (κ2) is 8.55. The summed E-state index contributed by atoms with van der Waals surface area (Å²) in [5, 5.41) is 4.45. The zero-order valence-electron chi connectivity index (χ0n) is 17.9. The molecule has 31 heavy (non-hydrogen) atoms. The summed E-state index contributed by atoms with van der Waals surface area (Å²) >= 11 is 6.29. The van der Waals surface area contributed by atoms with E-state index in [1.807, 2.05) is 57.2 Å². The van der Waals surface area contributed by atoms with Crippen LogP contribution >= 0.6 is 11.6 Å². The van der Waals surface area contributed by atoms with Crippen LogP contribution in [0.3, 0.4) is 0 Å². The van der Waals surface area contributed by atoms with Gasteiger partial charge in [0.2, 0.25) is 5.91 Å². The Morgan fingerprint density at radius 3 is 2.74 bits per heavy atom. The highest BCUT2D eigenvalue weighted by Gasteiger charge is 2.19. The largest absolute Gasteiger partial charge is 0.352 e. The Kier molecular flexibility index (Phi) is 5.83. The molecule has 1 atom stereocenters. The highest BCUT2D eigenvalue weighted by atomic mass is 35.5. The first kappa shape index (κ1) is 21.1. The SMILES string of the molecule is CC[C@@H](C)NC(=O)Cn1c2ccc(C)cc2c2ncn(Cc3ccccc3Cl)c(=O)c21. The van der Waals surface area contributed by atoms with Crippen LogP contribution in [0.25, 0.3) is 21.9 Å². The monoisotopic (exact) mass is 436 g/mol. The number of rotatable bonds is 6. The van der Waals surface area contributed by atoms with Crippen LogP contribution in [0.2, 0.25) is 5.02 Å². The number of nitrogens with zero attached hydrogens (tertiary/aromatic N) is 3. The molecule has 0 aliphatic heterocycles. The van der Waals surface area contributed by atoms with Gasteiger partial charge in [-0.1, -0.05) is 48.4 Å². The Bertz CT molecular complexity index is 1340. The maximum absolute atomic E-state index is 13.5. The number of carbonyl (C=O) groups is 1. The molecule has 0 aliphatic carbocycles. The highest BCUT2D eigenvalue weighted by molar-refractivity contribution is 6.31. The Balaban J connectivity index is 1.87. The minimum Gasteiger partial charge on any atom is -0.352 e. The molecule has 2 aromatic carbocycles. The maximum atomic E-state index is 13.5. The summed E-state index contributed by atoms with van der Waals surface area (Å²) in [6.45, 7) is 6.34. The molecule has 6 nitrogen and oxygen atoms in total. The lowest BCUT2D eigenvalue weighted by Crippen LogP contribution is -2.35. The molecular weight excluding hydrogens is 412 g/mol. The normalized spacial score (nSPS) is 12.4. The molecule has 0 saturated carbocycles. The van der Waals surface area contributed by atoms with Crippen molar-refractivity contribution in [3.63, 3.8) is 0 Å². The quantitative estimate of drug-likeness (QED) is 0.490. The van der Waals surface area contributed by atoms with Crippen molar-refractivity contribution < 1.29 is 4.79 Å². The fourth-order valence-corrected chi connectivity index (χ4v) is 3.96. The van der Waals surface area contributed by atoms with Crippen LogP contribution in [-0.4, -0.2) is 26.1 Å². The van der Waals surface area contributed by atoms with Gasteiger partial charge in [0, 0.05) is 16.5 Å². The number of fused-ring (bicyclic) bond motifs is 3. The van der Waals surface area contributed by atoms with Gasteiger partial charge in [0.25, 0.3) is 5.56 Å². The maximum Gasteiger partial charge on any atom is 0.278 e. The van der Waals surface area contributed by atoms with Crippen LogP contribution in [0.1, 0.15) is 31.4 Å². The molecule has 0 spiro atoms. The number of carbonyl (C=O) groups excluding carboxylic acids is 1. The standard InChI is InChI=1S/C24H25ClN4O2/c1-4-16(3)27-21(30)13-29-20-10-9-15(2)11-18(20)22-23(29)24(31)28(14-26-22)12-17-7-5-6-8-19(17)25/h5-11,14,16H,4,12-13H2,1-3H3,(H,27,30)/t16-/m1/s1. The van der Waals surface area contributed by atoms with Crippen LogP contribution in [-0.2, 0) is 17.9 Å². The number of aromatic nitrogens is 3. The summed E-state index contributed by atoms with van der Waals surface area (Å²) in [6, 6.07) is 13.4. The van der Waals surface area contributed by atoms with E-state index < -0.39 is 0 Å². The van der Waals surface area contributed by atoms with E-state index in [4.69, 9.17) is 11.6 Å². The molecule has 2 aromatic heterocycles. The summed E-state index contributed by atoms with van der Waals surface area (Å²) in [5.41, 5.74) is 3.55. The third-order valence-electron chi connectivity index (χ3n) is 5.60. The van der Waals surface area contributed by atoms with Crippen molar-refractivity contribution in [3.8, 4) is 0 Å².